The minimum atomic E-state index is -0.858. The van der Waals surface area contributed by atoms with Crippen molar-refractivity contribution < 1.29 is 9.90 Å². The SMILES string of the molecule is O=C(c1ccc(Cc2nc3c(N4CCC(O)(c5ccc(Cl)cc5)CC4)cccn3n2)cc1)N1CC2(CCNCC2)C1. The standard InChI is InChI=1S/C32H35ClN6O2/c33-26-9-7-25(8-10-26)32(41)13-18-37(19-14-32)27-2-1-17-39-29(27)35-28(36-39)20-23-3-5-24(6-4-23)30(40)38-21-31(22-38)11-15-34-16-12-31/h1-10,17,34,41H,11-16,18-22H2. The Morgan fingerprint density at radius 2 is 1.66 bits per heavy atom. The molecule has 0 aliphatic carbocycles. The lowest BCUT2D eigenvalue weighted by molar-refractivity contribution is -0.0113. The van der Waals surface area contributed by atoms with Crippen LogP contribution in [0, 0.1) is 5.41 Å². The zero-order valence-corrected chi connectivity index (χ0v) is 23.9. The van der Waals surface area contributed by atoms with Gasteiger partial charge in [-0.15, -0.1) is 0 Å². The van der Waals surface area contributed by atoms with Gasteiger partial charge in [0, 0.05) is 54.8 Å². The highest BCUT2D eigenvalue weighted by molar-refractivity contribution is 6.30. The molecule has 0 unspecified atom stereocenters. The monoisotopic (exact) mass is 570 g/mol. The maximum Gasteiger partial charge on any atom is 0.253 e. The Labute approximate surface area is 244 Å². The van der Waals surface area contributed by atoms with Gasteiger partial charge in [-0.2, -0.15) is 5.10 Å². The molecule has 212 valence electrons. The van der Waals surface area contributed by atoms with Crippen molar-refractivity contribution in [2.24, 2.45) is 5.41 Å². The maximum absolute atomic E-state index is 13.0. The molecule has 7 rings (SSSR count). The maximum atomic E-state index is 13.0. The topological polar surface area (TPSA) is 86.0 Å². The molecule has 8 nitrogen and oxygen atoms in total. The second-order valence-electron chi connectivity index (χ2n) is 12.0. The van der Waals surface area contributed by atoms with E-state index in [0.717, 1.165) is 72.9 Å². The molecular weight excluding hydrogens is 536 g/mol. The Balaban J connectivity index is 1.01. The summed E-state index contributed by atoms with van der Waals surface area (Å²) in [7, 11) is 0. The predicted molar refractivity (Wildman–Crippen MR) is 159 cm³/mol. The van der Waals surface area contributed by atoms with Gasteiger partial charge < -0.3 is 20.2 Å². The van der Waals surface area contributed by atoms with Crippen LogP contribution in [0.15, 0.2) is 66.9 Å². The van der Waals surface area contributed by atoms with Gasteiger partial charge in [-0.3, -0.25) is 4.79 Å². The van der Waals surface area contributed by atoms with Crippen LogP contribution in [0.4, 0.5) is 5.69 Å². The lowest BCUT2D eigenvalue weighted by atomic mass is 9.72. The van der Waals surface area contributed by atoms with Crippen LogP contribution in [0.2, 0.25) is 5.02 Å². The number of anilines is 1. The van der Waals surface area contributed by atoms with Crippen LogP contribution in [0.1, 0.15) is 53.0 Å². The minimum Gasteiger partial charge on any atom is -0.385 e. The number of hydrogen-bond acceptors (Lipinski definition) is 6. The van der Waals surface area contributed by atoms with Crippen LogP contribution in [0.25, 0.3) is 5.65 Å². The van der Waals surface area contributed by atoms with E-state index < -0.39 is 5.60 Å². The number of carbonyl (C=O) groups is 1. The van der Waals surface area contributed by atoms with E-state index in [9.17, 15) is 9.90 Å². The fourth-order valence-corrected chi connectivity index (χ4v) is 6.86. The highest BCUT2D eigenvalue weighted by atomic mass is 35.5. The number of likely N-dealkylation sites (tertiary alicyclic amines) is 1. The third-order valence-electron chi connectivity index (χ3n) is 9.27. The molecule has 3 saturated heterocycles. The minimum absolute atomic E-state index is 0.126. The van der Waals surface area contributed by atoms with Gasteiger partial charge in [-0.1, -0.05) is 35.9 Å². The summed E-state index contributed by atoms with van der Waals surface area (Å²) in [6.45, 7) is 5.29. The fraction of sp³-hybridized carbons (Fsp3) is 0.406. The fourth-order valence-electron chi connectivity index (χ4n) is 6.74. The van der Waals surface area contributed by atoms with Gasteiger partial charge in [0.1, 0.15) is 0 Å². The molecule has 0 bridgehead atoms. The number of benzene rings is 2. The molecule has 4 aromatic rings. The Kier molecular flexibility index (Phi) is 6.72. The molecule has 1 amide bonds. The van der Waals surface area contributed by atoms with Crippen LogP contribution in [-0.4, -0.2) is 69.8 Å². The van der Waals surface area contributed by atoms with Crippen LogP contribution in [0.5, 0.6) is 0 Å². The Bertz CT molecular complexity index is 1550. The second kappa shape index (κ2) is 10.4. The molecule has 3 aliphatic rings. The van der Waals surface area contributed by atoms with Crippen molar-refractivity contribution in [3.05, 3.63) is 94.4 Å². The third kappa shape index (κ3) is 5.09. The summed E-state index contributed by atoms with van der Waals surface area (Å²) in [5.41, 5.74) is 4.04. The highest BCUT2D eigenvalue weighted by Gasteiger charge is 2.45. The summed E-state index contributed by atoms with van der Waals surface area (Å²) in [5.74, 6) is 0.863. The van der Waals surface area contributed by atoms with Gasteiger partial charge in [0.2, 0.25) is 0 Å². The van der Waals surface area contributed by atoms with E-state index in [1.54, 1.807) is 0 Å². The average molecular weight is 571 g/mol. The van der Waals surface area contributed by atoms with Gasteiger partial charge in [0.05, 0.1) is 11.3 Å². The van der Waals surface area contributed by atoms with Crippen molar-refractivity contribution in [2.45, 2.75) is 37.7 Å². The van der Waals surface area contributed by atoms with E-state index in [-0.39, 0.29) is 5.91 Å². The summed E-state index contributed by atoms with van der Waals surface area (Å²) in [6.07, 6.45) is 6.08. The van der Waals surface area contributed by atoms with Gasteiger partial charge in [0.25, 0.3) is 5.91 Å². The number of piperidine rings is 2. The molecule has 5 heterocycles. The molecule has 0 atom stereocenters. The van der Waals surface area contributed by atoms with E-state index in [1.807, 2.05) is 70.2 Å². The van der Waals surface area contributed by atoms with Crippen LogP contribution in [-0.2, 0) is 12.0 Å². The highest BCUT2D eigenvalue weighted by Crippen LogP contribution is 2.39. The summed E-state index contributed by atoms with van der Waals surface area (Å²) in [5, 5.41) is 20.1. The van der Waals surface area contributed by atoms with E-state index in [0.29, 0.717) is 42.8 Å². The van der Waals surface area contributed by atoms with Crippen molar-refractivity contribution >= 4 is 28.8 Å². The molecule has 2 aromatic carbocycles. The van der Waals surface area contributed by atoms with Crippen molar-refractivity contribution in [2.75, 3.05) is 44.2 Å². The van der Waals surface area contributed by atoms with Gasteiger partial charge in [-0.05, 0) is 86.3 Å². The zero-order chi connectivity index (χ0) is 28.0. The number of aliphatic hydroxyl groups is 1. The van der Waals surface area contributed by atoms with E-state index >= 15 is 0 Å². The number of carbonyl (C=O) groups excluding carboxylic acids is 1. The molecule has 3 aliphatic heterocycles. The Morgan fingerprint density at radius 3 is 2.37 bits per heavy atom. The van der Waals surface area contributed by atoms with Crippen molar-refractivity contribution in [3.63, 3.8) is 0 Å². The van der Waals surface area contributed by atoms with Crippen molar-refractivity contribution in [3.8, 4) is 0 Å². The predicted octanol–water partition coefficient (Wildman–Crippen LogP) is 4.29. The molecular formula is C32H35ClN6O2. The number of pyridine rings is 1. The summed E-state index contributed by atoms with van der Waals surface area (Å²) in [6, 6.07) is 19.5. The Hall–Kier alpha value is -3.46. The number of nitrogens with zero attached hydrogens (tertiary/aromatic N) is 5. The van der Waals surface area contributed by atoms with Crippen LogP contribution in [0.3, 0.4) is 0 Å². The van der Waals surface area contributed by atoms with Crippen LogP contribution >= 0.6 is 11.6 Å². The summed E-state index contributed by atoms with van der Waals surface area (Å²) in [4.78, 5) is 22.2. The normalized spacial score (nSPS) is 19.9. The summed E-state index contributed by atoms with van der Waals surface area (Å²) < 4.78 is 1.84. The zero-order valence-electron chi connectivity index (χ0n) is 23.1. The molecule has 1 spiro atoms. The Morgan fingerprint density at radius 1 is 0.951 bits per heavy atom. The number of hydrogen-bond donors (Lipinski definition) is 2. The first-order valence-electron chi connectivity index (χ1n) is 14.6. The number of rotatable bonds is 5. The van der Waals surface area contributed by atoms with Crippen molar-refractivity contribution in [1.29, 1.82) is 0 Å². The largest absolute Gasteiger partial charge is 0.385 e. The molecule has 9 heteroatoms. The number of aromatic nitrogens is 3. The summed E-state index contributed by atoms with van der Waals surface area (Å²) >= 11 is 6.05. The molecule has 3 fully saturated rings. The smallest absolute Gasteiger partial charge is 0.253 e. The van der Waals surface area contributed by atoms with Crippen LogP contribution < -0.4 is 10.2 Å². The average Bonchev–Trinajstić information content (AvgIpc) is 3.40. The first-order chi connectivity index (χ1) is 19.9. The van der Waals surface area contributed by atoms with Crippen molar-refractivity contribution in [1.82, 2.24) is 24.8 Å². The number of nitrogens with one attached hydrogen (secondary N) is 1. The first-order valence-corrected chi connectivity index (χ1v) is 14.9. The molecule has 0 radical (unpaired) electrons. The molecule has 41 heavy (non-hydrogen) atoms. The lowest BCUT2D eigenvalue weighted by Gasteiger charge is -2.52. The first kappa shape index (κ1) is 26.4. The van der Waals surface area contributed by atoms with E-state index in [4.69, 9.17) is 21.7 Å². The van der Waals surface area contributed by atoms with E-state index in [1.165, 1.54) is 0 Å². The molecule has 0 saturated carbocycles. The second-order valence-corrected chi connectivity index (χ2v) is 12.4. The molecule has 2 N–H and O–H groups in total. The number of halogens is 1. The van der Waals surface area contributed by atoms with Gasteiger partial charge in [0.15, 0.2) is 11.5 Å². The van der Waals surface area contributed by atoms with E-state index in [2.05, 4.69) is 16.3 Å². The molecule has 2 aromatic heterocycles. The quantitative estimate of drug-likeness (QED) is 0.372. The lowest BCUT2D eigenvalue weighted by Crippen LogP contribution is -2.61. The third-order valence-corrected chi connectivity index (χ3v) is 9.52. The van der Waals surface area contributed by atoms with Gasteiger partial charge >= 0.3 is 0 Å². The number of amides is 1. The van der Waals surface area contributed by atoms with Gasteiger partial charge in [-0.25, -0.2) is 9.50 Å². The number of fused-ring (bicyclic) bond motifs is 1.